The molecule has 3 aromatic rings. The molecule has 0 aromatic heterocycles. The third-order valence-corrected chi connectivity index (χ3v) is 4.23. The fraction of sp³-hybridized carbons (Fsp3) is 0.0909. The smallest absolute Gasteiger partial charge is 0.255 e. The van der Waals surface area contributed by atoms with Crippen molar-refractivity contribution in [3.8, 4) is 0 Å². The Kier molecular flexibility index (Phi) is 5.44. The van der Waals surface area contributed by atoms with Gasteiger partial charge in [0.25, 0.3) is 11.8 Å². The lowest BCUT2D eigenvalue weighted by atomic mass is 9.99. The van der Waals surface area contributed by atoms with Gasteiger partial charge >= 0.3 is 0 Å². The van der Waals surface area contributed by atoms with Gasteiger partial charge in [-0.2, -0.15) is 0 Å². The molecule has 0 aliphatic carbocycles. The number of primary amides is 1. The SMILES string of the molecule is NC(=O)c1ccccc1NC(=O)c1ccccc1CCc1ccccc1. The van der Waals surface area contributed by atoms with Crippen LogP contribution in [0.15, 0.2) is 78.9 Å². The second-order valence-electron chi connectivity index (χ2n) is 6.01. The van der Waals surface area contributed by atoms with Crippen LogP contribution in [0.3, 0.4) is 0 Å². The van der Waals surface area contributed by atoms with Gasteiger partial charge in [-0.3, -0.25) is 9.59 Å². The molecule has 0 spiro atoms. The Morgan fingerprint density at radius 2 is 1.35 bits per heavy atom. The molecular formula is C22H20N2O2. The summed E-state index contributed by atoms with van der Waals surface area (Å²) in [4.78, 5) is 24.3. The summed E-state index contributed by atoms with van der Waals surface area (Å²) in [6.45, 7) is 0. The van der Waals surface area contributed by atoms with E-state index in [4.69, 9.17) is 5.73 Å². The van der Waals surface area contributed by atoms with Crippen LogP contribution in [0.25, 0.3) is 0 Å². The Morgan fingerprint density at radius 3 is 2.08 bits per heavy atom. The molecule has 0 heterocycles. The number of carbonyl (C=O) groups excluding carboxylic acids is 2. The zero-order valence-electron chi connectivity index (χ0n) is 14.3. The van der Waals surface area contributed by atoms with E-state index >= 15 is 0 Å². The molecule has 0 aliphatic heterocycles. The molecule has 0 radical (unpaired) electrons. The number of amides is 2. The highest BCUT2D eigenvalue weighted by atomic mass is 16.2. The molecule has 0 atom stereocenters. The van der Waals surface area contributed by atoms with Crippen molar-refractivity contribution in [2.75, 3.05) is 5.32 Å². The highest BCUT2D eigenvalue weighted by molar-refractivity contribution is 6.09. The van der Waals surface area contributed by atoms with Crippen LogP contribution in [-0.2, 0) is 12.8 Å². The van der Waals surface area contributed by atoms with Crippen LogP contribution >= 0.6 is 0 Å². The molecule has 4 heteroatoms. The van der Waals surface area contributed by atoms with Crippen molar-refractivity contribution in [2.45, 2.75) is 12.8 Å². The van der Waals surface area contributed by atoms with E-state index in [1.165, 1.54) is 5.56 Å². The molecule has 0 unspecified atom stereocenters. The van der Waals surface area contributed by atoms with Gasteiger partial charge in [-0.05, 0) is 42.2 Å². The lowest BCUT2D eigenvalue weighted by Gasteiger charge is -2.12. The summed E-state index contributed by atoms with van der Waals surface area (Å²) in [5, 5.41) is 2.81. The molecule has 0 aliphatic rings. The summed E-state index contributed by atoms with van der Waals surface area (Å²) in [5.74, 6) is -0.819. The van der Waals surface area contributed by atoms with Gasteiger partial charge in [-0.25, -0.2) is 0 Å². The van der Waals surface area contributed by atoms with Crippen molar-refractivity contribution in [2.24, 2.45) is 5.73 Å². The monoisotopic (exact) mass is 344 g/mol. The molecule has 130 valence electrons. The van der Waals surface area contributed by atoms with Crippen molar-refractivity contribution in [1.29, 1.82) is 0 Å². The minimum Gasteiger partial charge on any atom is -0.366 e. The van der Waals surface area contributed by atoms with Gasteiger partial charge in [0.05, 0.1) is 11.3 Å². The largest absolute Gasteiger partial charge is 0.366 e. The van der Waals surface area contributed by atoms with Crippen LogP contribution in [0.4, 0.5) is 5.69 Å². The topological polar surface area (TPSA) is 72.2 Å². The Bertz CT molecular complexity index is 920. The van der Waals surface area contributed by atoms with Crippen molar-refractivity contribution in [3.63, 3.8) is 0 Å². The predicted octanol–water partition coefficient (Wildman–Crippen LogP) is 3.82. The number of para-hydroxylation sites is 1. The van der Waals surface area contributed by atoms with Gasteiger partial charge in [0.15, 0.2) is 0 Å². The predicted molar refractivity (Wildman–Crippen MR) is 103 cm³/mol. The molecule has 0 bridgehead atoms. The average molecular weight is 344 g/mol. The maximum absolute atomic E-state index is 12.8. The van der Waals surface area contributed by atoms with Crippen LogP contribution in [0.2, 0.25) is 0 Å². The zero-order chi connectivity index (χ0) is 18.4. The number of hydrogen-bond donors (Lipinski definition) is 2. The minimum atomic E-state index is -0.571. The van der Waals surface area contributed by atoms with Gasteiger partial charge in [-0.15, -0.1) is 0 Å². The summed E-state index contributed by atoms with van der Waals surface area (Å²) >= 11 is 0. The van der Waals surface area contributed by atoms with E-state index in [-0.39, 0.29) is 5.91 Å². The number of hydrogen-bond acceptors (Lipinski definition) is 2. The summed E-state index contributed by atoms with van der Waals surface area (Å²) in [6.07, 6.45) is 1.61. The highest BCUT2D eigenvalue weighted by Crippen LogP contribution is 2.18. The number of benzene rings is 3. The molecule has 2 amide bonds. The maximum Gasteiger partial charge on any atom is 0.255 e. The molecule has 0 saturated heterocycles. The molecule has 4 nitrogen and oxygen atoms in total. The molecular weight excluding hydrogens is 324 g/mol. The first-order valence-corrected chi connectivity index (χ1v) is 8.47. The molecule has 26 heavy (non-hydrogen) atoms. The van der Waals surface area contributed by atoms with Gasteiger partial charge in [-0.1, -0.05) is 60.7 Å². The van der Waals surface area contributed by atoms with Crippen LogP contribution in [-0.4, -0.2) is 11.8 Å². The number of nitrogens with one attached hydrogen (secondary N) is 1. The van der Waals surface area contributed by atoms with Crippen molar-refractivity contribution >= 4 is 17.5 Å². The normalized spacial score (nSPS) is 10.3. The van der Waals surface area contributed by atoms with Gasteiger partial charge in [0.2, 0.25) is 0 Å². The van der Waals surface area contributed by atoms with Gasteiger partial charge < -0.3 is 11.1 Å². The Balaban J connectivity index is 1.79. The van der Waals surface area contributed by atoms with Crippen LogP contribution < -0.4 is 11.1 Å². The molecule has 3 N–H and O–H groups in total. The van der Waals surface area contributed by atoms with E-state index in [0.29, 0.717) is 16.8 Å². The fourth-order valence-electron chi connectivity index (χ4n) is 2.88. The van der Waals surface area contributed by atoms with E-state index < -0.39 is 5.91 Å². The number of aryl methyl sites for hydroxylation is 2. The number of nitrogens with two attached hydrogens (primary N) is 1. The highest BCUT2D eigenvalue weighted by Gasteiger charge is 2.14. The summed E-state index contributed by atoms with van der Waals surface area (Å²) in [7, 11) is 0. The molecule has 0 fully saturated rings. The first-order chi connectivity index (χ1) is 12.6. The lowest BCUT2D eigenvalue weighted by molar-refractivity contribution is 0.100. The zero-order valence-corrected chi connectivity index (χ0v) is 14.3. The third kappa shape index (κ3) is 4.16. The summed E-state index contributed by atoms with van der Waals surface area (Å²) < 4.78 is 0. The lowest BCUT2D eigenvalue weighted by Crippen LogP contribution is -2.19. The average Bonchev–Trinajstić information content (AvgIpc) is 2.67. The second kappa shape index (κ2) is 8.12. The van der Waals surface area contributed by atoms with Crippen LogP contribution in [0.1, 0.15) is 31.8 Å². The van der Waals surface area contributed by atoms with Crippen molar-refractivity contribution in [3.05, 3.63) is 101 Å². The first-order valence-electron chi connectivity index (χ1n) is 8.47. The van der Waals surface area contributed by atoms with Crippen molar-refractivity contribution < 1.29 is 9.59 Å². The fourth-order valence-corrected chi connectivity index (χ4v) is 2.88. The van der Waals surface area contributed by atoms with E-state index in [2.05, 4.69) is 17.4 Å². The minimum absolute atomic E-state index is 0.248. The number of anilines is 1. The van der Waals surface area contributed by atoms with E-state index in [1.807, 2.05) is 36.4 Å². The summed E-state index contributed by atoms with van der Waals surface area (Å²) in [6, 6.07) is 24.4. The molecule has 3 aromatic carbocycles. The van der Waals surface area contributed by atoms with Gasteiger partial charge in [0, 0.05) is 5.56 Å². The number of rotatable bonds is 6. The van der Waals surface area contributed by atoms with Crippen LogP contribution in [0.5, 0.6) is 0 Å². The standard InChI is InChI=1S/C22H20N2O2/c23-21(25)19-12-6-7-13-20(19)24-22(26)18-11-5-4-10-17(18)15-14-16-8-2-1-3-9-16/h1-13H,14-15H2,(H2,23,25)(H,24,26). The molecule has 0 saturated carbocycles. The first kappa shape index (κ1) is 17.4. The number of carbonyl (C=O) groups is 2. The third-order valence-electron chi connectivity index (χ3n) is 4.23. The van der Waals surface area contributed by atoms with E-state index in [9.17, 15) is 9.59 Å². The Labute approximate surface area is 152 Å². The van der Waals surface area contributed by atoms with E-state index in [1.54, 1.807) is 30.3 Å². The molecule has 3 rings (SSSR count). The second-order valence-corrected chi connectivity index (χ2v) is 6.01. The summed E-state index contributed by atoms with van der Waals surface area (Å²) in [5.41, 5.74) is 8.88. The van der Waals surface area contributed by atoms with Crippen LogP contribution in [0, 0.1) is 0 Å². The Morgan fingerprint density at radius 1 is 0.731 bits per heavy atom. The van der Waals surface area contributed by atoms with Crippen molar-refractivity contribution in [1.82, 2.24) is 0 Å². The Hall–Kier alpha value is -3.40. The van der Waals surface area contributed by atoms with Gasteiger partial charge in [0.1, 0.15) is 0 Å². The quantitative estimate of drug-likeness (QED) is 0.713. The maximum atomic E-state index is 12.8. The van der Waals surface area contributed by atoms with E-state index in [0.717, 1.165) is 18.4 Å².